The van der Waals surface area contributed by atoms with Crippen LogP contribution in [0.1, 0.15) is 33.3 Å². The summed E-state index contributed by atoms with van der Waals surface area (Å²) in [5, 5.41) is 0. The van der Waals surface area contributed by atoms with Gasteiger partial charge in [0.05, 0.1) is 6.10 Å². The van der Waals surface area contributed by atoms with E-state index in [1.807, 2.05) is 26.0 Å². The number of ether oxygens (including phenoxy) is 1. The van der Waals surface area contributed by atoms with Gasteiger partial charge >= 0.3 is 0 Å². The zero-order valence-corrected chi connectivity index (χ0v) is 10.8. The van der Waals surface area contributed by atoms with E-state index in [2.05, 4.69) is 26.0 Å². The lowest BCUT2D eigenvalue weighted by molar-refractivity contribution is 0.236. The van der Waals surface area contributed by atoms with Gasteiger partial charge in [-0.3, -0.25) is 0 Å². The molecule has 0 aliphatic rings. The molecule has 0 atom stereocenters. The van der Waals surface area contributed by atoms with Crippen LogP contribution in [0, 0.1) is 5.41 Å². The van der Waals surface area contributed by atoms with E-state index in [0.717, 1.165) is 12.2 Å². The van der Waals surface area contributed by atoms with Gasteiger partial charge in [0.25, 0.3) is 0 Å². The average molecular weight is 221 g/mol. The second kappa shape index (κ2) is 5.35. The Labute approximate surface area is 98.8 Å². The second-order valence-electron chi connectivity index (χ2n) is 5.32. The summed E-state index contributed by atoms with van der Waals surface area (Å²) >= 11 is 0. The first-order valence-electron chi connectivity index (χ1n) is 5.89. The highest BCUT2D eigenvalue weighted by Crippen LogP contribution is 2.27. The van der Waals surface area contributed by atoms with Crippen molar-refractivity contribution in [3.8, 4) is 5.75 Å². The van der Waals surface area contributed by atoms with Gasteiger partial charge in [0.1, 0.15) is 5.75 Å². The fourth-order valence-electron chi connectivity index (χ4n) is 1.61. The van der Waals surface area contributed by atoms with Gasteiger partial charge in [0.2, 0.25) is 0 Å². The molecule has 0 saturated carbocycles. The minimum absolute atomic E-state index is 0.121. The maximum atomic E-state index is 5.79. The number of benzene rings is 1. The molecule has 2 heteroatoms. The summed E-state index contributed by atoms with van der Waals surface area (Å²) in [5.41, 5.74) is 7.13. The van der Waals surface area contributed by atoms with Crippen molar-refractivity contribution in [2.24, 2.45) is 11.1 Å². The van der Waals surface area contributed by atoms with Gasteiger partial charge in [-0.1, -0.05) is 32.0 Å². The molecule has 0 aliphatic heterocycles. The molecule has 90 valence electrons. The summed E-state index contributed by atoms with van der Waals surface area (Å²) in [5.74, 6) is 0.985. The van der Waals surface area contributed by atoms with E-state index in [1.54, 1.807) is 0 Å². The maximum absolute atomic E-state index is 5.79. The first-order chi connectivity index (χ1) is 7.44. The lowest BCUT2D eigenvalue weighted by atomic mass is 9.85. The normalized spacial score (nSPS) is 11.9. The summed E-state index contributed by atoms with van der Waals surface area (Å²) in [6.07, 6.45) is 1.16. The summed E-state index contributed by atoms with van der Waals surface area (Å²) < 4.78 is 5.79. The highest BCUT2D eigenvalue weighted by Gasteiger charge is 2.18. The molecule has 0 fully saturated rings. The van der Waals surface area contributed by atoms with E-state index >= 15 is 0 Å². The first-order valence-corrected chi connectivity index (χ1v) is 5.89. The zero-order valence-electron chi connectivity index (χ0n) is 10.8. The van der Waals surface area contributed by atoms with Crippen molar-refractivity contribution in [2.75, 3.05) is 6.54 Å². The van der Waals surface area contributed by atoms with Crippen LogP contribution in [-0.2, 0) is 6.42 Å². The van der Waals surface area contributed by atoms with Crippen LogP contribution < -0.4 is 10.5 Å². The molecule has 2 nitrogen and oxygen atoms in total. The molecule has 0 amide bonds. The minimum Gasteiger partial charge on any atom is -0.491 e. The average Bonchev–Trinajstić information content (AvgIpc) is 2.20. The highest BCUT2D eigenvalue weighted by atomic mass is 16.5. The summed E-state index contributed by atoms with van der Waals surface area (Å²) in [7, 11) is 0. The van der Waals surface area contributed by atoms with Crippen molar-refractivity contribution in [3.63, 3.8) is 0 Å². The Morgan fingerprint density at radius 3 is 2.44 bits per heavy atom. The fraction of sp³-hybridized carbons (Fsp3) is 0.571. The van der Waals surface area contributed by atoms with Gasteiger partial charge in [-0.05, 0) is 43.9 Å². The van der Waals surface area contributed by atoms with Gasteiger partial charge in [0, 0.05) is 0 Å². The lowest BCUT2D eigenvalue weighted by Gasteiger charge is -2.24. The third kappa shape index (κ3) is 3.86. The van der Waals surface area contributed by atoms with Crippen LogP contribution in [0.15, 0.2) is 24.3 Å². The van der Waals surface area contributed by atoms with Crippen LogP contribution in [-0.4, -0.2) is 12.6 Å². The Bertz CT molecular complexity index is 331. The summed E-state index contributed by atoms with van der Waals surface area (Å²) in [4.78, 5) is 0. The molecule has 0 radical (unpaired) electrons. The predicted molar refractivity (Wildman–Crippen MR) is 68.7 cm³/mol. The van der Waals surface area contributed by atoms with Crippen LogP contribution in [0.2, 0.25) is 0 Å². The Morgan fingerprint density at radius 2 is 1.88 bits per heavy atom. The van der Waals surface area contributed by atoms with Gasteiger partial charge in [-0.25, -0.2) is 0 Å². The van der Waals surface area contributed by atoms with Crippen molar-refractivity contribution >= 4 is 0 Å². The maximum Gasteiger partial charge on any atom is 0.122 e. The summed E-state index contributed by atoms with van der Waals surface area (Å²) in [6.45, 7) is 9.14. The second-order valence-corrected chi connectivity index (χ2v) is 5.32. The molecule has 1 aromatic rings. The number of hydrogen-bond acceptors (Lipinski definition) is 2. The fourth-order valence-corrected chi connectivity index (χ4v) is 1.61. The first kappa shape index (κ1) is 13.0. The molecule has 0 bridgehead atoms. The largest absolute Gasteiger partial charge is 0.491 e. The molecular formula is C14H23NO. The Balaban J connectivity index is 2.86. The summed E-state index contributed by atoms with van der Waals surface area (Å²) in [6, 6.07) is 8.21. The van der Waals surface area contributed by atoms with E-state index in [4.69, 9.17) is 10.5 Å². The number of nitrogens with two attached hydrogens (primary N) is 1. The van der Waals surface area contributed by atoms with Crippen LogP contribution in [0.5, 0.6) is 5.75 Å². The van der Waals surface area contributed by atoms with Crippen LogP contribution in [0.4, 0.5) is 0 Å². The molecule has 1 aromatic carbocycles. The standard InChI is InChI=1S/C14H23NO/c1-11(2)16-13-8-6-5-7-12(13)9-14(3,4)10-15/h5-8,11H,9-10,15H2,1-4H3. The highest BCUT2D eigenvalue weighted by molar-refractivity contribution is 5.34. The zero-order chi connectivity index (χ0) is 12.2. The van der Waals surface area contributed by atoms with Crippen LogP contribution in [0.25, 0.3) is 0 Å². The quantitative estimate of drug-likeness (QED) is 0.829. The van der Waals surface area contributed by atoms with Crippen molar-refractivity contribution in [1.82, 2.24) is 0 Å². The molecule has 2 N–H and O–H groups in total. The molecule has 0 heterocycles. The van der Waals surface area contributed by atoms with Gasteiger partial charge in [-0.15, -0.1) is 0 Å². The molecule has 0 unspecified atom stereocenters. The number of para-hydroxylation sites is 1. The van der Waals surface area contributed by atoms with Crippen molar-refractivity contribution in [3.05, 3.63) is 29.8 Å². The molecule has 0 spiro atoms. The third-order valence-electron chi connectivity index (χ3n) is 2.56. The molecule has 0 aliphatic carbocycles. The molecule has 0 saturated heterocycles. The topological polar surface area (TPSA) is 35.2 Å². The van der Waals surface area contributed by atoms with E-state index < -0.39 is 0 Å². The smallest absolute Gasteiger partial charge is 0.122 e. The van der Waals surface area contributed by atoms with Crippen LogP contribution >= 0.6 is 0 Å². The number of rotatable bonds is 5. The lowest BCUT2D eigenvalue weighted by Crippen LogP contribution is -2.26. The predicted octanol–water partition coefficient (Wildman–Crippen LogP) is 3.00. The number of hydrogen-bond donors (Lipinski definition) is 1. The van der Waals surface area contributed by atoms with Crippen molar-refractivity contribution in [1.29, 1.82) is 0 Å². The Kier molecular flexibility index (Phi) is 4.36. The third-order valence-corrected chi connectivity index (χ3v) is 2.56. The SMILES string of the molecule is CC(C)Oc1ccccc1CC(C)(C)CN. The van der Waals surface area contributed by atoms with Crippen molar-refractivity contribution < 1.29 is 4.74 Å². The minimum atomic E-state index is 0.121. The Morgan fingerprint density at radius 1 is 1.25 bits per heavy atom. The van der Waals surface area contributed by atoms with E-state index in [1.165, 1.54) is 5.56 Å². The molecule has 1 rings (SSSR count). The van der Waals surface area contributed by atoms with Crippen LogP contribution in [0.3, 0.4) is 0 Å². The molecule has 16 heavy (non-hydrogen) atoms. The van der Waals surface area contributed by atoms with E-state index in [0.29, 0.717) is 6.54 Å². The Hall–Kier alpha value is -1.02. The van der Waals surface area contributed by atoms with Crippen molar-refractivity contribution in [2.45, 2.75) is 40.2 Å². The van der Waals surface area contributed by atoms with E-state index in [9.17, 15) is 0 Å². The van der Waals surface area contributed by atoms with Gasteiger partial charge in [-0.2, -0.15) is 0 Å². The molecule has 0 aromatic heterocycles. The molecular weight excluding hydrogens is 198 g/mol. The van der Waals surface area contributed by atoms with Gasteiger partial charge in [0.15, 0.2) is 0 Å². The van der Waals surface area contributed by atoms with E-state index in [-0.39, 0.29) is 11.5 Å². The monoisotopic (exact) mass is 221 g/mol. The van der Waals surface area contributed by atoms with Gasteiger partial charge < -0.3 is 10.5 Å².